The van der Waals surface area contributed by atoms with Crippen molar-refractivity contribution in [3.8, 4) is 5.75 Å². The summed E-state index contributed by atoms with van der Waals surface area (Å²) in [7, 11) is 1.55. The first-order valence-electron chi connectivity index (χ1n) is 7.09. The topological polar surface area (TPSA) is 50.4 Å². The second-order valence-electron chi connectivity index (χ2n) is 4.76. The number of hydrogen-bond donors (Lipinski definition) is 2. The molecule has 0 spiro atoms. The molecular weight excluding hydrogens is 300 g/mol. The second kappa shape index (κ2) is 7.71. The van der Waals surface area contributed by atoms with Gasteiger partial charge in [-0.3, -0.25) is 4.79 Å². The van der Waals surface area contributed by atoms with E-state index >= 15 is 0 Å². The van der Waals surface area contributed by atoms with Crippen molar-refractivity contribution < 1.29 is 9.53 Å². The molecule has 0 aromatic heterocycles. The number of nitrogens with one attached hydrogen (secondary N) is 2. The maximum absolute atomic E-state index is 12.1. The maximum Gasteiger partial charge on any atom is 0.243 e. The van der Waals surface area contributed by atoms with Gasteiger partial charge in [-0.05, 0) is 36.2 Å². The third-order valence-corrected chi connectivity index (χ3v) is 3.51. The number of ether oxygens (including phenoxy) is 1. The van der Waals surface area contributed by atoms with Crippen molar-refractivity contribution in [3.63, 3.8) is 0 Å². The molecule has 0 aliphatic rings. The number of halogens is 1. The van der Waals surface area contributed by atoms with Crippen molar-refractivity contribution in [3.05, 3.63) is 53.1 Å². The molecule has 0 unspecified atom stereocenters. The Morgan fingerprint density at radius 3 is 2.68 bits per heavy atom. The molecule has 2 N–H and O–H groups in total. The summed E-state index contributed by atoms with van der Waals surface area (Å²) in [6, 6.07) is 13.0. The first-order valence-corrected chi connectivity index (χ1v) is 7.47. The van der Waals surface area contributed by atoms with Crippen LogP contribution in [0.15, 0.2) is 42.5 Å². The van der Waals surface area contributed by atoms with E-state index in [1.807, 2.05) is 24.3 Å². The van der Waals surface area contributed by atoms with Gasteiger partial charge in [0.15, 0.2) is 0 Å². The molecule has 22 heavy (non-hydrogen) atoms. The number of para-hydroxylation sites is 1. The molecule has 0 atom stereocenters. The van der Waals surface area contributed by atoms with Crippen LogP contribution in [0.5, 0.6) is 5.75 Å². The molecule has 1 amide bonds. The van der Waals surface area contributed by atoms with Crippen molar-refractivity contribution in [2.24, 2.45) is 0 Å². The Bertz CT molecular complexity index is 659. The molecule has 2 rings (SSSR count). The van der Waals surface area contributed by atoms with Crippen LogP contribution in [0.25, 0.3) is 0 Å². The summed E-state index contributed by atoms with van der Waals surface area (Å²) in [5, 5.41) is 6.49. The molecule has 2 aromatic rings. The molecule has 2 aromatic carbocycles. The Hall–Kier alpha value is -2.20. The van der Waals surface area contributed by atoms with Gasteiger partial charge in [0.1, 0.15) is 5.75 Å². The lowest BCUT2D eigenvalue weighted by molar-refractivity contribution is -0.114. The molecule has 0 radical (unpaired) electrons. The van der Waals surface area contributed by atoms with Crippen molar-refractivity contribution in [2.75, 3.05) is 24.3 Å². The molecule has 0 heterocycles. The van der Waals surface area contributed by atoms with E-state index in [0.29, 0.717) is 16.5 Å². The lowest BCUT2D eigenvalue weighted by Gasteiger charge is -2.13. The summed E-state index contributed by atoms with van der Waals surface area (Å²) in [6.45, 7) is 2.25. The first-order chi connectivity index (χ1) is 10.6. The van der Waals surface area contributed by atoms with Gasteiger partial charge in [-0.1, -0.05) is 36.7 Å². The fraction of sp³-hybridized carbons (Fsp3) is 0.235. The summed E-state index contributed by atoms with van der Waals surface area (Å²) in [4.78, 5) is 12.1. The fourth-order valence-electron chi connectivity index (χ4n) is 2.15. The normalized spacial score (nSPS) is 10.1. The Morgan fingerprint density at radius 1 is 1.18 bits per heavy atom. The molecule has 116 valence electrons. The van der Waals surface area contributed by atoms with Gasteiger partial charge < -0.3 is 15.4 Å². The highest BCUT2D eigenvalue weighted by Crippen LogP contribution is 2.27. The van der Waals surface area contributed by atoms with E-state index in [1.165, 1.54) is 5.56 Å². The van der Waals surface area contributed by atoms with Crippen molar-refractivity contribution in [1.82, 2.24) is 0 Å². The second-order valence-corrected chi connectivity index (χ2v) is 5.19. The fourth-order valence-corrected chi connectivity index (χ4v) is 2.32. The van der Waals surface area contributed by atoms with Crippen molar-refractivity contribution in [2.45, 2.75) is 13.3 Å². The van der Waals surface area contributed by atoms with Crippen LogP contribution in [0.3, 0.4) is 0 Å². The van der Waals surface area contributed by atoms with Gasteiger partial charge in [0.25, 0.3) is 0 Å². The van der Waals surface area contributed by atoms with E-state index < -0.39 is 0 Å². The molecule has 5 heteroatoms. The van der Waals surface area contributed by atoms with Gasteiger partial charge in [-0.2, -0.15) is 0 Å². The number of rotatable bonds is 6. The Morgan fingerprint density at radius 2 is 1.95 bits per heavy atom. The van der Waals surface area contributed by atoms with Crippen LogP contribution in [-0.4, -0.2) is 19.6 Å². The number of carbonyl (C=O) groups excluding carboxylic acids is 1. The van der Waals surface area contributed by atoms with E-state index in [0.717, 1.165) is 12.1 Å². The van der Waals surface area contributed by atoms with Crippen LogP contribution < -0.4 is 15.4 Å². The van der Waals surface area contributed by atoms with Gasteiger partial charge in [0.2, 0.25) is 5.91 Å². The maximum atomic E-state index is 12.1. The Balaban J connectivity index is 2.00. The first kappa shape index (κ1) is 16.2. The zero-order chi connectivity index (χ0) is 15.9. The van der Waals surface area contributed by atoms with Gasteiger partial charge in [-0.15, -0.1) is 0 Å². The average molecular weight is 319 g/mol. The number of benzene rings is 2. The van der Waals surface area contributed by atoms with E-state index in [4.69, 9.17) is 16.3 Å². The van der Waals surface area contributed by atoms with E-state index in [-0.39, 0.29) is 12.5 Å². The lowest BCUT2D eigenvalue weighted by Crippen LogP contribution is -2.22. The molecule has 4 nitrogen and oxygen atoms in total. The predicted molar refractivity (Wildman–Crippen MR) is 90.9 cm³/mol. The van der Waals surface area contributed by atoms with E-state index in [9.17, 15) is 4.79 Å². The highest BCUT2D eigenvalue weighted by molar-refractivity contribution is 6.31. The minimum absolute atomic E-state index is 0.161. The Kier molecular flexibility index (Phi) is 5.67. The zero-order valence-electron chi connectivity index (χ0n) is 12.7. The molecule has 0 aliphatic heterocycles. The van der Waals surface area contributed by atoms with Gasteiger partial charge in [0.05, 0.1) is 19.3 Å². The van der Waals surface area contributed by atoms with Gasteiger partial charge in [0, 0.05) is 10.7 Å². The van der Waals surface area contributed by atoms with E-state index in [2.05, 4.69) is 17.6 Å². The van der Waals surface area contributed by atoms with Crippen molar-refractivity contribution >= 4 is 28.9 Å². The van der Waals surface area contributed by atoms with Crippen LogP contribution in [0.1, 0.15) is 12.5 Å². The van der Waals surface area contributed by atoms with Crippen LogP contribution in [0.2, 0.25) is 5.02 Å². The van der Waals surface area contributed by atoms with Gasteiger partial charge in [-0.25, -0.2) is 0 Å². The van der Waals surface area contributed by atoms with E-state index in [1.54, 1.807) is 25.3 Å². The Labute approximate surface area is 135 Å². The number of hydrogen-bond acceptors (Lipinski definition) is 3. The number of anilines is 2. The van der Waals surface area contributed by atoms with Crippen LogP contribution in [0.4, 0.5) is 11.4 Å². The highest BCUT2D eigenvalue weighted by Gasteiger charge is 2.09. The summed E-state index contributed by atoms with van der Waals surface area (Å²) in [5.41, 5.74) is 2.71. The summed E-state index contributed by atoms with van der Waals surface area (Å²) >= 11 is 5.95. The molecule has 0 aliphatic carbocycles. The minimum Gasteiger partial charge on any atom is -0.495 e. The van der Waals surface area contributed by atoms with Crippen molar-refractivity contribution in [1.29, 1.82) is 0 Å². The summed E-state index contributed by atoms with van der Waals surface area (Å²) in [5.74, 6) is 0.415. The number of amides is 1. The van der Waals surface area contributed by atoms with Crippen LogP contribution >= 0.6 is 11.6 Å². The highest BCUT2D eigenvalue weighted by atomic mass is 35.5. The van der Waals surface area contributed by atoms with Gasteiger partial charge >= 0.3 is 0 Å². The number of methoxy groups -OCH3 is 1. The molecule has 0 saturated heterocycles. The largest absolute Gasteiger partial charge is 0.495 e. The number of aryl methyl sites for hydroxylation is 1. The molecular formula is C17H19ClN2O2. The van der Waals surface area contributed by atoms with Crippen LogP contribution in [0, 0.1) is 0 Å². The zero-order valence-corrected chi connectivity index (χ0v) is 13.4. The monoisotopic (exact) mass is 318 g/mol. The van der Waals surface area contributed by atoms with Crippen LogP contribution in [-0.2, 0) is 11.2 Å². The third kappa shape index (κ3) is 4.15. The number of carbonyl (C=O) groups is 1. The smallest absolute Gasteiger partial charge is 0.243 e. The average Bonchev–Trinajstić information content (AvgIpc) is 2.53. The lowest BCUT2D eigenvalue weighted by atomic mass is 10.1. The minimum atomic E-state index is -0.161. The molecule has 0 bridgehead atoms. The SMILES string of the molecule is CCc1ccccc1NCC(=O)Nc1cc(Cl)ccc1OC. The molecule has 0 fully saturated rings. The molecule has 0 saturated carbocycles. The quantitative estimate of drug-likeness (QED) is 0.847. The summed E-state index contributed by atoms with van der Waals surface area (Å²) in [6.07, 6.45) is 0.910. The standard InChI is InChI=1S/C17H19ClN2O2/c1-3-12-6-4-5-7-14(12)19-11-17(21)20-15-10-13(18)8-9-16(15)22-2/h4-10,19H,3,11H2,1-2H3,(H,20,21). The predicted octanol–water partition coefficient (Wildman–Crippen LogP) is 3.96. The third-order valence-electron chi connectivity index (χ3n) is 3.27. The summed E-state index contributed by atoms with van der Waals surface area (Å²) < 4.78 is 5.21.